The zero-order valence-electron chi connectivity index (χ0n) is 10.6. The van der Waals surface area contributed by atoms with Crippen LogP contribution in [0.3, 0.4) is 0 Å². The van der Waals surface area contributed by atoms with Crippen LogP contribution in [0.4, 0.5) is 4.79 Å². The van der Waals surface area contributed by atoms with Gasteiger partial charge in [-0.05, 0) is 27.2 Å². The average Bonchev–Trinajstić information content (AvgIpc) is 2.17. The first-order valence-electron chi connectivity index (χ1n) is 5.85. The molecule has 0 rings (SSSR count). The minimum absolute atomic E-state index is 0.278. The SMILES string of the molecule is CCCC(C)NC(C)C(=O)NC(=O)NCC. The molecule has 0 heterocycles. The fourth-order valence-electron chi connectivity index (χ4n) is 1.44. The summed E-state index contributed by atoms with van der Waals surface area (Å²) in [5.41, 5.74) is 0. The lowest BCUT2D eigenvalue weighted by atomic mass is 10.1. The molecule has 94 valence electrons. The summed E-state index contributed by atoms with van der Waals surface area (Å²) in [7, 11) is 0. The van der Waals surface area contributed by atoms with Crippen LogP contribution >= 0.6 is 0 Å². The number of hydrogen-bond donors (Lipinski definition) is 3. The van der Waals surface area contributed by atoms with Crippen molar-refractivity contribution in [3.05, 3.63) is 0 Å². The second-order valence-electron chi connectivity index (χ2n) is 3.93. The molecule has 0 aromatic carbocycles. The van der Waals surface area contributed by atoms with Crippen molar-refractivity contribution in [1.29, 1.82) is 0 Å². The summed E-state index contributed by atoms with van der Waals surface area (Å²) in [6.07, 6.45) is 2.08. The van der Waals surface area contributed by atoms with Gasteiger partial charge < -0.3 is 10.6 Å². The molecule has 0 aliphatic rings. The van der Waals surface area contributed by atoms with Gasteiger partial charge >= 0.3 is 6.03 Å². The molecule has 5 heteroatoms. The largest absolute Gasteiger partial charge is 0.338 e. The van der Waals surface area contributed by atoms with Gasteiger partial charge in [0.25, 0.3) is 0 Å². The summed E-state index contributed by atoms with van der Waals surface area (Å²) in [6.45, 7) is 8.18. The molecule has 0 bridgehead atoms. The predicted molar refractivity (Wildman–Crippen MR) is 64.2 cm³/mol. The number of nitrogens with one attached hydrogen (secondary N) is 3. The van der Waals surface area contributed by atoms with Gasteiger partial charge in [0.15, 0.2) is 0 Å². The molecule has 16 heavy (non-hydrogen) atoms. The van der Waals surface area contributed by atoms with Gasteiger partial charge in [0.1, 0.15) is 0 Å². The lowest BCUT2D eigenvalue weighted by Gasteiger charge is -2.18. The number of carbonyl (C=O) groups excluding carboxylic acids is 2. The maximum Gasteiger partial charge on any atom is 0.321 e. The average molecular weight is 229 g/mol. The highest BCUT2D eigenvalue weighted by molar-refractivity contribution is 5.96. The van der Waals surface area contributed by atoms with Gasteiger partial charge in [-0.25, -0.2) is 4.79 Å². The van der Waals surface area contributed by atoms with Crippen molar-refractivity contribution >= 4 is 11.9 Å². The molecule has 0 saturated carbocycles. The predicted octanol–water partition coefficient (Wildman–Crippen LogP) is 0.999. The van der Waals surface area contributed by atoms with Crippen molar-refractivity contribution in [2.45, 2.75) is 52.6 Å². The third kappa shape index (κ3) is 6.40. The third-order valence-electron chi connectivity index (χ3n) is 2.22. The summed E-state index contributed by atoms with van der Waals surface area (Å²) in [5, 5.41) is 7.92. The van der Waals surface area contributed by atoms with E-state index in [1.165, 1.54) is 0 Å². The fraction of sp³-hybridized carbons (Fsp3) is 0.818. The van der Waals surface area contributed by atoms with Crippen LogP contribution in [0.1, 0.15) is 40.5 Å². The number of hydrogen-bond acceptors (Lipinski definition) is 3. The topological polar surface area (TPSA) is 70.2 Å². The lowest BCUT2D eigenvalue weighted by Crippen LogP contribution is -2.49. The molecule has 2 unspecified atom stereocenters. The van der Waals surface area contributed by atoms with Crippen LogP contribution in [0.2, 0.25) is 0 Å². The molecule has 2 atom stereocenters. The highest BCUT2D eigenvalue weighted by Gasteiger charge is 2.16. The zero-order chi connectivity index (χ0) is 12.6. The molecule has 3 N–H and O–H groups in total. The van der Waals surface area contributed by atoms with Crippen molar-refractivity contribution < 1.29 is 9.59 Å². The molecule has 0 saturated heterocycles. The van der Waals surface area contributed by atoms with Gasteiger partial charge in [0, 0.05) is 12.6 Å². The van der Waals surface area contributed by atoms with Gasteiger partial charge in [-0.15, -0.1) is 0 Å². The van der Waals surface area contributed by atoms with Gasteiger partial charge in [-0.1, -0.05) is 13.3 Å². The zero-order valence-corrected chi connectivity index (χ0v) is 10.6. The van der Waals surface area contributed by atoms with Crippen molar-refractivity contribution in [2.24, 2.45) is 0 Å². The lowest BCUT2D eigenvalue weighted by molar-refractivity contribution is -0.121. The minimum atomic E-state index is -0.440. The molecular formula is C11H23N3O2. The molecule has 5 nitrogen and oxygen atoms in total. The van der Waals surface area contributed by atoms with E-state index < -0.39 is 6.03 Å². The quantitative estimate of drug-likeness (QED) is 0.636. The van der Waals surface area contributed by atoms with E-state index in [2.05, 4.69) is 22.9 Å². The smallest absolute Gasteiger partial charge is 0.321 e. The third-order valence-corrected chi connectivity index (χ3v) is 2.22. The molecule has 0 radical (unpaired) electrons. The van der Waals surface area contributed by atoms with Gasteiger partial charge in [-0.3, -0.25) is 10.1 Å². The minimum Gasteiger partial charge on any atom is -0.338 e. The van der Waals surface area contributed by atoms with E-state index in [-0.39, 0.29) is 18.0 Å². The Bertz CT molecular complexity index is 231. The Morgan fingerprint density at radius 2 is 1.81 bits per heavy atom. The van der Waals surface area contributed by atoms with Crippen molar-refractivity contribution in [1.82, 2.24) is 16.0 Å². The Morgan fingerprint density at radius 3 is 2.31 bits per heavy atom. The molecule has 0 aliphatic carbocycles. The first kappa shape index (κ1) is 14.9. The number of amides is 3. The van der Waals surface area contributed by atoms with Crippen molar-refractivity contribution in [3.8, 4) is 0 Å². The molecular weight excluding hydrogens is 206 g/mol. The van der Waals surface area contributed by atoms with Gasteiger partial charge in [0.05, 0.1) is 6.04 Å². The van der Waals surface area contributed by atoms with Crippen LogP contribution in [0.25, 0.3) is 0 Å². The molecule has 0 aromatic heterocycles. The first-order chi connectivity index (χ1) is 7.51. The molecule has 0 aromatic rings. The van der Waals surface area contributed by atoms with Crippen LogP contribution in [-0.2, 0) is 4.79 Å². The normalized spacial score (nSPS) is 14.0. The number of imide groups is 1. The summed E-state index contributed by atoms with van der Waals surface area (Å²) < 4.78 is 0. The Balaban J connectivity index is 3.94. The Morgan fingerprint density at radius 1 is 1.19 bits per heavy atom. The molecule has 0 fully saturated rings. The van der Waals surface area contributed by atoms with Gasteiger partial charge in [-0.2, -0.15) is 0 Å². The number of carbonyl (C=O) groups is 2. The summed E-state index contributed by atoms with van der Waals surface area (Å²) in [6, 6.07) is -0.520. The highest BCUT2D eigenvalue weighted by atomic mass is 16.2. The summed E-state index contributed by atoms with van der Waals surface area (Å²) in [5.74, 6) is -0.297. The number of urea groups is 1. The molecule has 0 spiro atoms. The van der Waals surface area contributed by atoms with E-state index in [4.69, 9.17) is 0 Å². The standard InChI is InChI=1S/C11H23N3O2/c1-5-7-8(3)13-9(4)10(15)14-11(16)12-6-2/h8-9,13H,5-7H2,1-4H3,(H2,12,14,15,16). The van der Waals surface area contributed by atoms with Crippen LogP contribution in [0, 0.1) is 0 Å². The Kier molecular flexibility index (Phi) is 7.54. The van der Waals surface area contributed by atoms with E-state index in [0.717, 1.165) is 12.8 Å². The van der Waals surface area contributed by atoms with Crippen molar-refractivity contribution in [2.75, 3.05) is 6.54 Å². The molecule has 3 amide bonds. The first-order valence-corrected chi connectivity index (χ1v) is 5.85. The molecule has 0 aliphatic heterocycles. The van der Waals surface area contributed by atoms with Crippen LogP contribution in [0.15, 0.2) is 0 Å². The second-order valence-corrected chi connectivity index (χ2v) is 3.93. The number of rotatable bonds is 6. The fourth-order valence-corrected chi connectivity index (χ4v) is 1.44. The van der Waals surface area contributed by atoms with E-state index >= 15 is 0 Å². The van der Waals surface area contributed by atoms with Crippen LogP contribution in [-0.4, -0.2) is 30.6 Å². The summed E-state index contributed by atoms with van der Waals surface area (Å²) >= 11 is 0. The van der Waals surface area contributed by atoms with Crippen LogP contribution in [0.5, 0.6) is 0 Å². The highest BCUT2D eigenvalue weighted by Crippen LogP contribution is 1.96. The van der Waals surface area contributed by atoms with Crippen LogP contribution < -0.4 is 16.0 Å². The van der Waals surface area contributed by atoms with E-state index in [1.807, 2.05) is 6.92 Å². The van der Waals surface area contributed by atoms with E-state index in [0.29, 0.717) is 6.54 Å². The Hall–Kier alpha value is -1.10. The second kappa shape index (κ2) is 8.10. The van der Waals surface area contributed by atoms with Crippen molar-refractivity contribution in [3.63, 3.8) is 0 Å². The maximum absolute atomic E-state index is 11.5. The van der Waals surface area contributed by atoms with E-state index in [1.54, 1.807) is 13.8 Å². The van der Waals surface area contributed by atoms with E-state index in [9.17, 15) is 9.59 Å². The summed E-state index contributed by atoms with van der Waals surface area (Å²) in [4.78, 5) is 22.6. The Labute approximate surface area is 97.4 Å². The monoisotopic (exact) mass is 229 g/mol. The maximum atomic E-state index is 11.5. The van der Waals surface area contributed by atoms with Gasteiger partial charge in [0.2, 0.25) is 5.91 Å².